The molecule has 1 fully saturated rings. The Morgan fingerprint density at radius 2 is 2.00 bits per heavy atom. The van der Waals surface area contributed by atoms with Gasteiger partial charge in [-0.1, -0.05) is 41.9 Å². The van der Waals surface area contributed by atoms with Crippen molar-refractivity contribution in [1.29, 1.82) is 0 Å². The van der Waals surface area contributed by atoms with E-state index in [0.717, 1.165) is 12.8 Å². The minimum Gasteiger partial charge on any atom is -0.470 e. The zero-order valence-corrected chi connectivity index (χ0v) is 13.6. The second-order valence-electron chi connectivity index (χ2n) is 5.67. The molecule has 1 amide bonds. The number of carbonyl (C=O) groups excluding carboxylic acids is 1. The predicted molar refractivity (Wildman–Crippen MR) is 89.6 cm³/mol. The minimum atomic E-state index is -0.0135. The molecule has 23 heavy (non-hydrogen) atoms. The van der Waals surface area contributed by atoms with Crippen LogP contribution in [0.15, 0.2) is 48.7 Å². The van der Waals surface area contributed by atoms with Crippen molar-refractivity contribution in [3.8, 4) is 5.88 Å². The Kier molecular flexibility index (Phi) is 5.13. The first-order chi connectivity index (χ1) is 11.2. The Morgan fingerprint density at radius 3 is 2.74 bits per heavy atom. The molecule has 0 saturated carbocycles. The van der Waals surface area contributed by atoms with Crippen LogP contribution >= 0.6 is 11.6 Å². The number of carbonyl (C=O) groups is 1. The SMILES string of the molecule is O=C(CCCc1ccccc1)N1CC(Oc2ncccc2Cl)C1. The summed E-state index contributed by atoms with van der Waals surface area (Å²) in [6, 6.07) is 13.7. The summed E-state index contributed by atoms with van der Waals surface area (Å²) in [5.74, 6) is 0.628. The van der Waals surface area contributed by atoms with Crippen molar-refractivity contribution in [2.24, 2.45) is 0 Å². The Hall–Kier alpha value is -2.07. The number of aromatic nitrogens is 1. The van der Waals surface area contributed by atoms with Crippen molar-refractivity contribution in [3.63, 3.8) is 0 Å². The van der Waals surface area contributed by atoms with Crippen molar-refractivity contribution in [2.75, 3.05) is 13.1 Å². The lowest BCUT2D eigenvalue weighted by Crippen LogP contribution is -2.56. The van der Waals surface area contributed by atoms with Crippen LogP contribution in [0.4, 0.5) is 0 Å². The lowest BCUT2D eigenvalue weighted by atomic mass is 10.1. The molecule has 2 heterocycles. The van der Waals surface area contributed by atoms with Crippen molar-refractivity contribution >= 4 is 17.5 Å². The van der Waals surface area contributed by atoms with Crippen LogP contribution in [0, 0.1) is 0 Å². The first-order valence-corrected chi connectivity index (χ1v) is 8.19. The van der Waals surface area contributed by atoms with E-state index in [2.05, 4.69) is 17.1 Å². The molecule has 5 heteroatoms. The van der Waals surface area contributed by atoms with Crippen LogP contribution < -0.4 is 4.74 Å². The van der Waals surface area contributed by atoms with Gasteiger partial charge in [0.1, 0.15) is 11.1 Å². The van der Waals surface area contributed by atoms with E-state index in [1.807, 2.05) is 23.1 Å². The topological polar surface area (TPSA) is 42.4 Å². The van der Waals surface area contributed by atoms with E-state index >= 15 is 0 Å². The van der Waals surface area contributed by atoms with Gasteiger partial charge < -0.3 is 9.64 Å². The van der Waals surface area contributed by atoms with Gasteiger partial charge in [-0.2, -0.15) is 0 Å². The molecular weight excluding hydrogens is 312 g/mol. The van der Waals surface area contributed by atoms with Crippen LogP contribution in [-0.2, 0) is 11.2 Å². The summed E-state index contributed by atoms with van der Waals surface area (Å²) >= 11 is 6.01. The van der Waals surface area contributed by atoms with Gasteiger partial charge in [-0.25, -0.2) is 4.98 Å². The number of benzene rings is 1. The molecule has 4 nitrogen and oxygen atoms in total. The fraction of sp³-hybridized carbons (Fsp3) is 0.333. The number of ether oxygens (including phenoxy) is 1. The number of halogens is 1. The molecule has 0 bridgehead atoms. The quantitative estimate of drug-likeness (QED) is 0.815. The molecule has 0 spiro atoms. The number of hydrogen-bond acceptors (Lipinski definition) is 3. The molecule has 0 N–H and O–H groups in total. The fourth-order valence-electron chi connectivity index (χ4n) is 2.58. The van der Waals surface area contributed by atoms with Gasteiger partial charge in [0.05, 0.1) is 13.1 Å². The van der Waals surface area contributed by atoms with Gasteiger partial charge in [0.15, 0.2) is 0 Å². The van der Waals surface area contributed by atoms with Gasteiger partial charge in [-0.15, -0.1) is 0 Å². The number of amides is 1. The van der Waals surface area contributed by atoms with Crippen LogP contribution in [-0.4, -0.2) is 35.0 Å². The Morgan fingerprint density at radius 1 is 1.22 bits per heavy atom. The monoisotopic (exact) mass is 330 g/mol. The van der Waals surface area contributed by atoms with Gasteiger partial charge in [0.2, 0.25) is 11.8 Å². The highest BCUT2D eigenvalue weighted by Crippen LogP contribution is 2.24. The van der Waals surface area contributed by atoms with E-state index in [0.29, 0.717) is 30.4 Å². The Bertz CT molecular complexity index is 657. The number of aryl methyl sites for hydroxylation is 1. The van der Waals surface area contributed by atoms with Crippen LogP contribution in [0.2, 0.25) is 5.02 Å². The van der Waals surface area contributed by atoms with Gasteiger partial charge in [0.25, 0.3) is 0 Å². The highest BCUT2D eigenvalue weighted by molar-refractivity contribution is 6.31. The van der Waals surface area contributed by atoms with E-state index in [4.69, 9.17) is 16.3 Å². The molecule has 0 aliphatic carbocycles. The van der Waals surface area contributed by atoms with Gasteiger partial charge >= 0.3 is 0 Å². The molecule has 1 aromatic heterocycles. The van der Waals surface area contributed by atoms with Gasteiger partial charge in [0, 0.05) is 12.6 Å². The van der Waals surface area contributed by atoms with E-state index in [1.54, 1.807) is 18.3 Å². The fourth-order valence-corrected chi connectivity index (χ4v) is 2.74. The van der Waals surface area contributed by atoms with E-state index < -0.39 is 0 Å². The average Bonchev–Trinajstić information content (AvgIpc) is 2.53. The van der Waals surface area contributed by atoms with E-state index in [1.165, 1.54) is 5.56 Å². The van der Waals surface area contributed by atoms with Crippen LogP contribution in [0.5, 0.6) is 5.88 Å². The maximum atomic E-state index is 12.1. The Balaban J connectivity index is 1.37. The lowest BCUT2D eigenvalue weighted by Gasteiger charge is -2.38. The summed E-state index contributed by atoms with van der Waals surface area (Å²) in [5, 5.41) is 0.500. The van der Waals surface area contributed by atoms with Crippen LogP contribution in [0.1, 0.15) is 18.4 Å². The normalized spacial score (nSPS) is 14.4. The molecule has 120 valence electrons. The highest BCUT2D eigenvalue weighted by atomic mass is 35.5. The zero-order valence-electron chi connectivity index (χ0n) is 12.8. The van der Waals surface area contributed by atoms with Crippen molar-refractivity contribution < 1.29 is 9.53 Å². The zero-order chi connectivity index (χ0) is 16.1. The second kappa shape index (κ2) is 7.47. The van der Waals surface area contributed by atoms with Crippen LogP contribution in [0.25, 0.3) is 0 Å². The van der Waals surface area contributed by atoms with Gasteiger partial charge in [-0.3, -0.25) is 4.79 Å². The molecule has 1 aromatic carbocycles. The largest absolute Gasteiger partial charge is 0.470 e. The summed E-state index contributed by atoms with van der Waals surface area (Å²) in [4.78, 5) is 18.0. The van der Waals surface area contributed by atoms with Crippen molar-refractivity contribution in [1.82, 2.24) is 9.88 Å². The number of hydrogen-bond donors (Lipinski definition) is 0. The number of nitrogens with zero attached hydrogens (tertiary/aromatic N) is 2. The second-order valence-corrected chi connectivity index (χ2v) is 6.08. The lowest BCUT2D eigenvalue weighted by molar-refractivity contribution is -0.140. The minimum absolute atomic E-state index is 0.0135. The first-order valence-electron chi connectivity index (χ1n) is 7.81. The highest BCUT2D eigenvalue weighted by Gasteiger charge is 2.32. The summed E-state index contributed by atoms with van der Waals surface area (Å²) < 4.78 is 5.70. The summed E-state index contributed by atoms with van der Waals surface area (Å²) in [6.45, 7) is 1.22. The molecule has 2 aromatic rings. The number of rotatable bonds is 6. The maximum absolute atomic E-state index is 12.1. The molecular formula is C18H19ClN2O2. The molecule has 3 rings (SSSR count). The Labute approximate surface area is 141 Å². The first kappa shape index (κ1) is 15.8. The number of likely N-dealkylation sites (tertiary alicyclic amines) is 1. The van der Waals surface area contributed by atoms with E-state index in [-0.39, 0.29) is 12.0 Å². The summed E-state index contributed by atoms with van der Waals surface area (Å²) in [5.41, 5.74) is 1.27. The predicted octanol–water partition coefficient (Wildman–Crippen LogP) is 3.35. The molecule has 1 aliphatic rings. The standard InChI is InChI=1S/C18H19ClN2O2/c19-16-9-5-11-20-18(16)23-15-12-21(13-15)17(22)10-4-8-14-6-2-1-3-7-14/h1-3,5-7,9,11,15H,4,8,10,12-13H2. The summed E-state index contributed by atoms with van der Waals surface area (Å²) in [7, 11) is 0. The van der Waals surface area contributed by atoms with Gasteiger partial charge in [-0.05, 0) is 30.5 Å². The number of pyridine rings is 1. The van der Waals surface area contributed by atoms with Crippen molar-refractivity contribution in [2.45, 2.75) is 25.4 Å². The molecule has 1 aliphatic heterocycles. The molecule has 1 saturated heterocycles. The smallest absolute Gasteiger partial charge is 0.232 e. The average molecular weight is 331 g/mol. The summed E-state index contributed by atoms with van der Waals surface area (Å²) in [6.07, 6.45) is 4.01. The molecule has 0 unspecified atom stereocenters. The third-order valence-corrected chi connectivity index (χ3v) is 4.19. The van der Waals surface area contributed by atoms with E-state index in [9.17, 15) is 4.79 Å². The van der Waals surface area contributed by atoms with Crippen molar-refractivity contribution in [3.05, 3.63) is 59.2 Å². The van der Waals surface area contributed by atoms with Crippen LogP contribution in [0.3, 0.4) is 0 Å². The molecule has 0 radical (unpaired) electrons. The maximum Gasteiger partial charge on any atom is 0.232 e. The molecule has 0 atom stereocenters. The third kappa shape index (κ3) is 4.23. The third-order valence-electron chi connectivity index (χ3n) is 3.90.